The van der Waals surface area contributed by atoms with Crippen molar-refractivity contribution in [3.63, 3.8) is 0 Å². The summed E-state index contributed by atoms with van der Waals surface area (Å²) in [5.41, 5.74) is 0. The summed E-state index contributed by atoms with van der Waals surface area (Å²) in [6.07, 6.45) is 7.34. The summed E-state index contributed by atoms with van der Waals surface area (Å²) in [5, 5.41) is 3.34. The van der Waals surface area contributed by atoms with Gasteiger partial charge in [0.05, 0.1) is 6.61 Å². The van der Waals surface area contributed by atoms with Crippen LogP contribution in [0.1, 0.15) is 33.1 Å². The molecule has 1 aliphatic rings. The van der Waals surface area contributed by atoms with Crippen LogP contribution in [0.15, 0.2) is 12.2 Å². The second-order valence-electron chi connectivity index (χ2n) is 4.76. The summed E-state index contributed by atoms with van der Waals surface area (Å²) < 4.78 is 4.80. The molecule has 4 nitrogen and oxygen atoms in total. The summed E-state index contributed by atoms with van der Waals surface area (Å²) in [7, 11) is 0. The van der Waals surface area contributed by atoms with E-state index in [4.69, 9.17) is 4.74 Å². The Morgan fingerprint density at radius 2 is 2.11 bits per heavy atom. The number of hydrogen-bond acceptors (Lipinski definition) is 4. The second-order valence-corrected chi connectivity index (χ2v) is 4.76. The van der Waals surface area contributed by atoms with Crippen molar-refractivity contribution >= 4 is 5.97 Å². The minimum atomic E-state index is -0.261. The molecule has 4 heteroatoms. The molecule has 1 atom stereocenters. The van der Waals surface area contributed by atoms with Crippen LogP contribution in [0.3, 0.4) is 0 Å². The Kier molecular flexibility index (Phi) is 7.69. The molecule has 1 heterocycles. The lowest BCUT2D eigenvalue weighted by Crippen LogP contribution is -2.43. The van der Waals surface area contributed by atoms with E-state index in [0.29, 0.717) is 12.6 Å². The van der Waals surface area contributed by atoms with Crippen LogP contribution < -0.4 is 5.32 Å². The number of carbonyl (C=O) groups is 1. The minimum Gasteiger partial charge on any atom is -0.463 e. The first-order valence-electron chi connectivity index (χ1n) is 7.02. The molecule has 1 N–H and O–H groups in total. The third kappa shape index (κ3) is 6.17. The van der Waals surface area contributed by atoms with Crippen LogP contribution in [0.5, 0.6) is 0 Å². The molecule has 1 rings (SSSR count). The van der Waals surface area contributed by atoms with Gasteiger partial charge in [0.2, 0.25) is 0 Å². The smallest absolute Gasteiger partial charge is 0.330 e. The number of esters is 1. The lowest BCUT2D eigenvalue weighted by atomic mass is 10.1. The molecular weight excluding hydrogens is 228 g/mol. The van der Waals surface area contributed by atoms with Crippen molar-refractivity contribution in [1.82, 2.24) is 10.2 Å². The number of nitrogens with zero attached hydrogens (tertiary/aromatic N) is 1. The van der Waals surface area contributed by atoms with Gasteiger partial charge in [-0.1, -0.05) is 12.5 Å². The predicted octanol–water partition coefficient (Wildman–Crippen LogP) is 1.57. The molecule has 104 valence electrons. The fraction of sp³-hybridized carbons (Fsp3) is 0.786. The van der Waals surface area contributed by atoms with E-state index in [-0.39, 0.29) is 5.97 Å². The molecule has 0 spiro atoms. The van der Waals surface area contributed by atoms with E-state index < -0.39 is 0 Å². The lowest BCUT2D eigenvalue weighted by molar-refractivity contribution is -0.137. The number of piperidine rings is 1. The normalized spacial score (nSPS) is 19.0. The van der Waals surface area contributed by atoms with Gasteiger partial charge in [-0.3, -0.25) is 4.90 Å². The SMILES string of the molecule is CCOC(=O)/C=C/CNCC(C)N1CCCCC1. The van der Waals surface area contributed by atoms with E-state index in [0.717, 1.165) is 13.1 Å². The fourth-order valence-corrected chi connectivity index (χ4v) is 2.21. The van der Waals surface area contributed by atoms with E-state index in [9.17, 15) is 4.79 Å². The van der Waals surface area contributed by atoms with Crippen molar-refractivity contribution in [3.8, 4) is 0 Å². The third-order valence-electron chi connectivity index (χ3n) is 3.26. The Morgan fingerprint density at radius 3 is 2.78 bits per heavy atom. The van der Waals surface area contributed by atoms with Crippen LogP contribution in [0, 0.1) is 0 Å². The quantitative estimate of drug-likeness (QED) is 0.425. The third-order valence-corrected chi connectivity index (χ3v) is 3.26. The number of likely N-dealkylation sites (tertiary alicyclic amines) is 1. The molecule has 0 radical (unpaired) electrons. The van der Waals surface area contributed by atoms with Crippen molar-refractivity contribution in [2.24, 2.45) is 0 Å². The summed E-state index contributed by atoms with van der Waals surface area (Å²) in [6, 6.07) is 0.571. The van der Waals surface area contributed by atoms with E-state index in [1.54, 1.807) is 0 Å². The lowest BCUT2D eigenvalue weighted by Gasteiger charge is -2.32. The predicted molar refractivity (Wildman–Crippen MR) is 73.5 cm³/mol. The monoisotopic (exact) mass is 254 g/mol. The highest BCUT2D eigenvalue weighted by Crippen LogP contribution is 2.11. The van der Waals surface area contributed by atoms with Gasteiger partial charge in [-0.15, -0.1) is 0 Å². The Labute approximate surface area is 110 Å². The van der Waals surface area contributed by atoms with Gasteiger partial charge in [0.15, 0.2) is 0 Å². The second kappa shape index (κ2) is 9.11. The van der Waals surface area contributed by atoms with Gasteiger partial charge in [0.25, 0.3) is 0 Å². The number of rotatable bonds is 7. The highest BCUT2D eigenvalue weighted by molar-refractivity contribution is 5.81. The molecule has 0 aromatic carbocycles. The molecule has 1 aliphatic heterocycles. The van der Waals surface area contributed by atoms with E-state index >= 15 is 0 Å². The van der Waals surface area contributed by atoms with E-state index in [2.05, 4.69) is 17.1 Å². The van der Waals surface area contributed by atoms with Gasteiger partial charge in [0.1, 0.15) is 0 Å². The van der Waals surface area contributed by atoms with Crippen molar-refractivity contribution in [2.75, 3.05) is 32.8 Å². The first-order chi connectivity index (χ1) is 8.74. The maximum Gasteiger partial charge on any atom is 0.330 e. The Balaban J connectivity index is 2.07. The number of carbonyl (C=O) groups excluding carboxylic acids is 1. The van der Waals surface area contributed by atoms with Gasteiger partial charge < -0.3 is 10.1 Å². The molecule has 0 saturated carbocycles. The minimum absolute atomic E-state index is 0.261. The Morgan fingerprint density at radius 1 is 1.39 bits per heavy atom. The van der Waals surface area contributed by atoms with Crippen LogP contribution in [0.2, 0.25) is 0 Å². The van der Waals surface area contributed by atoms with Gasteiger partial charge >= 0.3 is 5.97 Å². The topological polar surface area (TPSA) is 41.6 Å². The molecular formula is C14H26N2O2. The van der Waals surface area contributed by atoms with Crippen molar-refractivity contribution in [3.05, 3.63) is 12.2 Å². The summed E-state index contributed by atoms with van der Waals surface area (Å²) in [5.74, 6) is -0.261. The van der Waals surface area contributed by atoms with E-state index in [1.165, 1.54) is 38.4 Å². The number of hydrogen-bond donors (Lipinski definition) is 1. The molecule has 18 heavy (non-hydrogen) atoms. The fourth-order valence-electron chi connectivity index (χ4n) is 2.21. The van der Waals surface area contributed by atoms with Gasteiger partial charge in [-0.05, 0) is 39.8 Å². The van der Waals surface area contributed by atoms with Gasteiger partial charge in [-0.2, -0.15) is 0 Å². The van der Waals surface area contributed by atoms with Gasteiger partial charge in [0, 0.05) is 25.2 Å². The Bertz CT molecular complexity index is 261. The Hall–Kier alpha value is -0.870. The molecule has 0 amide bonds. The van der Waals surface area contributed by atoms with Crippen molar-refractivity contribution in [2.45, 2.75) is 39.2 Å². The first kappa shape index (κ1) is 15.2. The van der Waals surface area contributed by atoms with Crippen LogP contribution >= 0.6 is 0 Å². The molecule has 0 aromatic heterocycles. The average Bonchev–Trinajstić information content (AvgIpc) is 2.39. The van der Waals surface area contributed by atoms with Crippen LogP contribution in [0.25, 0.3) is 0 Å². The van der Waals surface area contributed by atoms with Gasteiger partial charge in [-0.25, -0.2) is 4.79 Å². The van der Waals surface area contributed by atoms with Crippen LogP contribution in [-0.4, -0.2) is 49.7 Å². The van der Waals surface area contributed by atoms with Crippen LogP contribution in [0.4, 0.5) is 0 Å². The summed E-state index contributed by atoms with van der Waals surface area (Å²) in [4.78, 5) is 13.6. The molecule has 0 bridgehead atoms. The summed E-state index contributed by atoms with van der Waals surface area (Å²) in [6.45, 7) is 8.63. The van der Waals surface area contributed by atoms with Crippen LogP contribution in [-0.2, 0) is 9.53 Å². The standard InChI is InChI=1S/C14H26N2O2/c1-3-18-14(17)8-7-9-15-12-13(2)16-10-5-4-6-11-16/h7-8,13,15H,3-6,9-12H2,1-2H3/b8-7+. The zero-order valence-corrected chi connectivity index (χ0v) is 11.7. The first-order valence-corrected chi connectivity index (χ1v) is 7.02. The summed E-state index contributed by atoms with van der Waals surface area (Å²) >= 11 is 0. The average molecular weight is 254 g/mol. The van der Waals surface area contributed by atoms with Crippen molar-refractivity contribution in [1.29, 1.82) is 0 Å². The zero-order valence-electron chi connectivity index (χ0n) is 11.7. The highest BCUT2D eigenvalue weighted by Gasteiger charge is 2.15. The molecule has 0 aliphatic carbocycles. The largest absolute Gasteiger partial charge is 0.463 e. The molecule has 0 aromatic rings. The molecule has 1 unspecified atom stereocenters. The molecule has 1 fully saturated rings. The van der Waals surface area contributed by atoms with Crippen molar-refractivity contribution < 1.29 is 9.53 Å². The molecule has 1 saturated heterocycles. The highest BCUT2D eigenvalue weighted by atomic mass is 16.5. The van der Waals surface area contributed by atoms with E-state index in [1.807, 2.05) is 13.0 Å². The maximum absolute atomic E-state index is 11.0. The number of ether oxygens (including phenoxy) is 1. The maximum atomic E-state index is 11.0. The zero-order chi connectivity index (χ0) is 13.2. The number of nitrogens with one attached hydrogen (secondary N) is 1.